The highest BCUT2D eigenvalue weighted by Gasteiger charge is 2.31. The van der Waals surface area contributed by atoms with E-state index in [1.807, 2.05) is 6.92 Å². The number of hydrogen-bond acceptors (Lipinski definition) is 4. The summed E-state index contributed by atoms with van der Waals surface area (Å²) in [6, 6.07) is 0. The van der Waals surface area contributed by atoms with E-state index in [1.54, 1.807) is 7.11 Å². The molecule has 2 atom stereocenters. The molecule has 1 aromatic heterocycles. The van der Waals surface area contributed by atoms with Gasteiger partial charge in [0.25, 0.3) is 0 Å². The largest absolute Gasteiger partial charge is 0.379 e. The maximum absolute atomic E-state index is 6.30. The molecule has 1 saturated carbocycles. The Hall–Kier alpha value is -0.870. The van der Waals surface area contributed by atoms with E-state index < -0.39 is 0 Å². The summed E-state index contributed by atoms with van der Waals surface area (Å²) in [5, 5.41) is 0.601. The Balaban J connectivity index is 1.89. The summed E-state index contributed by atoms with van der Waals surface area (Å²) in [4.78, 5) is 11.5. The minimum Gasteiger partial charge on any atom is -0.379 e. The van der Waals surface area contributed by atoms with Crippen molar-refractivity contribution < 1.29 is 4.74 Å². The van der Waals surface area contributed by atoms with E-state index in [1.165, 1.54) is 12.8 Å². The van der Waals surface area contributed by atoms with Crippen LogP contribution in [0.5, 0.6) is 0 Å². The van der Waals surface area contributed by atoms with Gasteiger partial charge in [-0.15, -0.1) is 0 Å². The molecule has 110 valence electrons. The molecule has 0 amide bonds. The van der Waals surface area contributed by atoms with Crippen LogP contribution in [0.25, 0.3) is 0 Å². The highest BCUT2D eigenvalue weighted by Crippen LogP contribution is 2.40. The van der Waals surface area contributed by atoms with Crippen LogP contribution in [0.15, 0.2) is 0 Å². The molecule has 1 aromatic rings. The van der Waals surface area contributed by atoms with E-state index in [-0.39, 0.29) is 6.10 Å². The van der Waals surface area contributed by atoms with E-state index in [4.69, 9.17) is 21.3 Å². The molecule has 1 saturated heterocycles. The Morgan fingerprint density at radius 1 is 1.25 bits per heavy atom. The third-order valence-corrected chi connectivity index (χ3v) is 4.88. The average molecular weight is 296 g/mol. The van der Waals surface area contributed by atoms with Crippen LogP contribution >= 0.6 is 11.6 Å². The third kappa shape index (κ3) is 2.63. The Kier molecular flexibility index (Phi) is 3.87. The van der Waals surface area contributed by atoms with Gasteiger partial charge in [-0.25, -0.2) is 9.97 Å². The highest BCUT2D eigenvalue weighted by atomic mass is 35.5. The highest BCUT2D eigenvalue weighted by molar-refractivity contribution is 6.30. The number of aromatic nitrogens is 2. The lowest BCUT2D eigenvalue weighted by molar-refractivity contribution is 0.0496. The molecule has 2 heterocycles. The van der Waals surface area contributed by atoms with Gasteiger partial charge in [-0.3, -0.25) is 0 Å². The van der Waals surface area contributed by atoms with Crippen molar-refractivity contribution in [2.45, 2.75) is 45.1 Å². The molecule has 2 aliphatic rings. The molecule has 1 aliphatic carbocycles. The van der Waals surface area contributed by atoms with Gasteiger partial charge in [0.1, 0.15) is 16.8 Å². The molecule has 1 aliphatic heterocycles. The smallest absolute Gasteiger partial charge is 0.137 e. The number of hydrogen-bond donors (Lipinski definition) is 0. The van der Waals surface area contributed by atoms with Crippen LogP contribution < -0.4 is 4.90 Å². The standard InChI is InChI=1S/C15H22ClN3O/c1-9-6-7-19(8-12(9)20-3)15-10(2)13(16)17-14(18-15)11-4-5-11/h9,11-12H,4-8H2,1-3H3. The fourth-order valence-electron chi connectivity index (χ4n) is 2.86. The monoisotopic (exact) mass is 295 g/mol. The van der Waals surface area contributed by atoms with Crippen molar-refractivity contribution in [2.75, 3.05) is 25.1 Å². The first-order chi connectivity index (χ1) is 9.60. The van der Waals surface area contributed by atoms with Crippen molar-refractivity contribution in [3.05, 3.63) is 16.5 Å². The lowest BCUT2D eigenvalue weighted by Crippen LogP contribution is -2.44. The molecule has 0 bridgehead atoms. The molecule has 5 heteroatoms. The average Bonchev–Trinajstić information content (AvgIpc) is 3.27. The third-order valence-electron chi connectivity index (χ3n) is 4.51. The van der Waals surface area contributed by atoms with Crippen molar-refractivity contribution in [2.24, 2.45) is 5.92 Å². The van der Waals surface area contributed by atoms with Gasteiger partial charge in [0.05, 0.1) is 6.10 Å². The van der Waals surface area contributed by atoms with Crippen LogP contribution in [0.3, 0.4) is 0 Å². The summed E-state index contributed by atoms with van der Waals surface area (Å²) in [6.07, 6.45) is 3.77. The van der Waals surface area contributed by atoms with Crippen molar-refractivity contribution in [1.29, 1.82) is 0 Å². The van der Waals surface area contributed by atoms with E-state index in [0.29, 0.717) is 17.0 Å². The first-order valence-corrected chi connectivity index (χ1v) is 7.79. The van der Waals surface area contributed by atoms with Gasteiger partial charge in [-0.1, -0.05) is 18.5 Å². The number of piperidine rings is 1. The van der Waals surface area contributed by atoms with Gasteiger partial charge in [0.2, 0.25) is 0 Å². The van der Waals surface area contributed by atoms with Crippen LogP contribution in [-0.2, 0) is 4.74 Å². The zero-order valence-electron chi connectivity index (χ0n) is 12.4. The van der Waals surface area contributed by atoms with Crippen molar-refractivity contribution >= 4 is 17.4 Å². The lowest BCUT2D eigenvalue weighted by atomic mass is 9.95. The molecule has 2 unspecified atom stereocenters. The molecule has 3 rings (SSSR count). The second-order valence-electron chi connectivity index (χ2n) is 6.08. The summed E-state index contributed by atoms with van der Waals surface area (Å²) in [7, 11) is 1.79. The summed E-state index contributed by atoms with van der Waals surface area (Å²) in [5.74, 6) is 3.04. The van der Waals surface area contributed by atoms with E-state index in [0.717, 1.165) is 36.7 Å². The van der Waals surface area contributed by atoms with Crippen LogP contribution in [0, 0.1) is 12.8 Å². The number of halogens is 1. The number of methoxy groups -OCH3 is 1. The van der Waals surface area contributed by atoms with Gasteiger partial charge < -0.3 is 9.64 Å². The summed E-state index contributed by atoms with van der Waals surface area (Å²) in [6.45, 7) is 6.16. The summed E-state index contributed by atoms with van der Waals surface area (Å²) >= 11 is 6.30. The SMILES string of the molecule is COC1CN(c2nc(C3CC3)nc(Cl)c2C)CCC1C. The topological polar surface area (TPSA) is 38.2 Å². The number of anilines is 1. The fraction of sp³-hybridized carbons (Fsp3) is 0.733. The molecule has 0 spiro atoms. The van der Waals surface area contributed by atoms with Crippen molar-refractivity contribution in [3.8, 4) is 0 Å². The Bertz CT molecular complexity index is 504. The van der Waals surface area contributed by atoms with Crippen LogP contribution in [-0.4, -0.2) is 36.3 Å². The number of nitrogens with zero attached hydrogens (tertiary/aromatic N) is 3. The minimum absolute atomic E-state index is 0.265. The number of ether oxygens (including phenoxy) is 1. The van der Waals surface area contributed by atoms with Crippen LogP contribution in [0.1, 0.15) is 43.5 Å². The van der Waals surface area contributed by atoms with Crippen molar-refractivity contribution in [1.82, 2.24) is 9.97 Å². The Labute approximate surface area is 125 Å². The molecule has 0 aromatic carbocycles. The second-order valence-corrected chi connectivity index (χ2v) is 6.44. The van der Waals surface area contributed by atoms with Gasteiger partial charge >= 0.3 is 0 Å². The Morgan fingerprint density at radius 3 is 2.65 bits per heavy atom. The van der Waals surface area contributed by atoms with E-state index >= 15 is 0 Å². The molecule has 20 heavy (non-hydrogen) atoms. The summed E-state index contributed by atoms with van der Waals surface area (Å²) < 4.78 is 5.60. The quantitative estimate of drug-likeness (QED) is 0.803. The molecule has 0 N–H and O–H groups in total. The van der Waals surface area contributed by atoms with Crippen LogP contribution in [0.4, 0.5) is 5.82 Å². The maximum Gasteiger partial charge on any atom is 0.137 e. The first-order valence-electron chi connectivity index (χ1n) is 7.42. The zero-order chi connectivity index (χ0) is 14.3. The van der Waals surface area contributed by atoms with Gasteiger partial charge in [0, 0.05) is 31.7 Å². The predicted octanol–water partition coefficient (Wildman–Crippen LogP) is 3.18. The minimum atomic E-state index is 0.265. The fourth-order valence-corrected chi connectivity index (χ4v) is 3.03. The normalized spacial score (nSPS) is 26.9. The molecular formula is C15H22ClN3O. The van der Waals surface area contributed by atoms with Gasteiger partial charge in [0.15, 0.2) is 0 Å². The van der Waals surface area contributed by atoms with Gasteiger partial charge in [-0.05, 0) is 32.1 Å². The van der Waals surface area contributed by atoms with Crippen molar-refractivity contribution in [3.63, 3.8) is 0 Å². The summed E-state index contributed by atoms with van der Waals surface area (Å²) in [5.41, 5.74) is 0.987. The molecule has 4 nitrogen and oxygen atoms in total. The second kappa shape index (κ2) is 5.49. The predicted molar refractivity (Wildman–Crippen MR) is 80.5 cm³/mol. The maximum atomic E-state index is 6.30. The van der Waals surface area contributed by atoms with E-state index in [2.05, 4.69) is 16.8 Å². The molecule has 0 radical (unpaired) electrons. The Morgan fingerprint density at radius 2 is 2.00 bits per heavy atom. The zero-order valence-corrected chi connectivity index (χ0v) is 13.2. The van der Waals surface area contributed by atoms with Gasteiger partial charge in [-0.2, -0.15) is 0 Å². The van der Waals surface area contributed by atoms with Crippen LogP contribution in [0.2, 0.25) is 5.15 Å². The number of rotatable bonds is 3. The molecular weight excluding hydrogens is 274 g/mol. The molecule has 2 fully saturated rings. The first kappa shape index (κ1) is 14.1. The van der Waals surface area contributed by atoms with E-state index in [9.17, 15) is 0 Å². The lowest BCUT2D eigenvalue weighted by Gasteiger charge is -2.37.